The Morgan fingerprint density at radius 2 is 1.96 bits per heavy atom. The Morgan fingerprint density at radius 1 is 1.21 bits per heavy atom. The van der Waals surface area contributed by atoms with Gasteiger partial charge in [-0.25, -0.2) is 0 Å². The molecule has 1 aromatic heterocycles. The van der Waals surface area contributed by atoms with E-state index in [1.165, 1.54) is 6.07 Å². The number of carbonyl (C=O) groups is 2. The number of benzene rings is 1. The highest BCUT2D eigenvalue weighted by atomic mass is 16.4. The van der Waals surface area contributed by atoms with Crippen molar-refractivity contribution in [3.05, 3.63) is 53.0 Å². The van der Waals surface area contributed by atoms with Crippen molar-refractivity contribution in [1.82, 2.24) is 5.32 Å². The van der Waals surface area contributed by atoms with Gasteiger partial charge in [0, 0.05) is 18.8 Å². The molecule has 2 aromatic rings. The zero-order chi connectivity index (χ0) is 17.1. The maximum atomic E-state index is 12.6. The zero-order valence-electron chi connectivity index (χ0n) is 13.7. The van der Waals surface area contributed by atoms with Crippen molar-refractivity contribution in [2.24, 2.45) is 5.73 Å². The Kier molecular flexibility index (Phi) is 4.55. The molecular weight excluding hydrogens is 306 g/mol. The molecule has 1 aromatic carbocycles. The highest BCUT2D eigenvalue weighted by Crippen LogP contribution is 2.25. The Hall–Kier alpha value is -2.76. The summed E-state index contributed by atoms with van der Waals surface area (Å²) in [6.45, 7) is 4.13. The van der Waals surface area contributed by atoms with Crippen LogP contribution in [0.2, 0.25) is 0 Å². The number of aryl methyl sites for hydroxylation is 1. The van der Waals surface area contributed by atoms with Gasteiger partial charge < -0.3 is 20.4 Å². The first-order chi connectivity index (χ1) is 11.5. The first kappa shape index (κ1) is 16.1. The van der Waals surface area contributed by atoms with Crippen molar-refractivity contribution in [1.29, 1.82) is 0 Å². The normalized spacial score (nSPS) is 14.0. The number of amides is 2. The van der Waals surface area contributed by atoms with Crippen LogP contribution in [0.15, 0.2) is 34.7 Å². The number of primary amides is 1. The standard InChI is InChI=1S/C18H21N3O3/c1-12-4-6-15(21-8-2-3-9-21)14(10-12)18(23)20-11-13-5-7-16(24-13)17(19)22/h4-7,10H,2-3,8-9,11H2,1H3,(H2,19,22)(H,20,23). The largest absolute Gasteiger partial charge is 0.454 e. The summed E-state index contributed by atoms with van der Waals surface area (Å²) < 4.78 is 5.29. The molecule has 0 saturated carbocycles. The number of rotatable bonds is 5. The smallest absolute Gasteiger partial charge is 0.284 e. The molecule has 2 heterocycles. The Morgan fingerprint density at radius 3 is 2.62 bits per heavy atom. The van der Waals surface area contributed by atoms with Crippen LogP contribution in [0.4, 0.5) is 5.69 Å². The Labute approximate surface area is 140 Å². The Balaban J connectivity index is 1.74. The number of furan rings is 1. The van der Waals surface area contributed by atoms with Crippen LogP contribution in [-0.2, 0) is 6.54 Å². The predicted molar refractivity (Wildman–Crippen MR) is 91.0 cm³/mol. The van der Waals surface area contributed by atoms with E-state index in [4.69, 9.17) is 10.2 Å². The van der Waals surface area contributed by atoms with Crippen LogP contribution < -0.4 is 16.0 Å². The molecule has 24 heavy (non-hydrogen) atoms. The minimum absolute atomic E-state index is 0.0903. The summed E-state index contributed by atoms with van der Waals surface area (Å²) in [5.41, 5.74) is 7.82. The molecule has 1 saturated heterocycles. The highest BCUT2D eigenvalue weighted by Gasteiger charge is 2.20. The van der Waals surface area contributed by atoms with E-state index in [0.717, 1.165) is 37.2 Å². The number of nitrogens with two attached hydrogens (primary N) is 1. The lowest BCUT2D eigenvalue weighted by molar-refractivity contribution is 0.0948. The van der Waals surface area contributed by atoms with Crippen LogP contribution >= 0.6 is 0 Å². The molecule has 2 amide bonds. The zero-order valence-corrected chi connectivity index (χ0v) is 13.7. The lowest BCUT2D eigenvalue weighted by Gasteiger charge is -2.21. The Bertz CT molecular complexity index is 761. The van der Waals surface area contributed by atoms with Gasteiger partial charge in [-0.1, -0.05) is 11.6 Å². The number of carbonyl (C=O) groups excluding carboxylic acids is 2. The average Bonchev–Trinajstić information content (AvgIpc) is 3.24. The van der Waals surface area contributed by atoms with E-state index in [2.05, 4.69) is 10.2 Å². The second kappa shape index (κ2) is 6.78. The van der Waals surface area contributed by atoms with Crippen molar-refractivity contribution >= 4 is 17.5 Å². The molecule has 6 nitrogen and oxygen atoms in total. The van der Waals surface area contributed by atoms with Crippen LogP contribution in [-0.4, -0.2) is 24.9 Å². The number of hydrogen-bond donors (Lipinski definition) is 2. The predicted octanol–water partition coefficient (Wildman–Crippen LogP) is 2.22. The molecule has 0 aliphatic carbocycles. The van der Waals surface area contributed by atoms with E-state index in [0.29, 0.717) is 11.3 Å². The molecule has 1 aliphatic rings. The molecule has 1 fully saturated rings. The second-order valence-corrected chi connectivity index (χ2v) is 6.03. The summed E-state index contributed by atoms with van der Waals surface area (Å²) in [6, 6.07) is 9.08. The monoisotopic (exact) mass is 327 g/mol. The van der Waals surface area contributed by atoms with E-state index in [1.54, 1.807) is 6.07 Å². The lowest BCUT2D eigenvalue weighted by atomic mass is 10.1. The summed E-state index contributed by atoms with van der Waals surface area (Å²) in [5.74, 6) is -0.194. The van der Waals surface area contributed by atoms with E-state index >= 15 is 0 Å². The van der Waals surface area contributed by atoms with Gasteiger partial charge in [-0.15, -0.1) is 0 Å². The topological polar surface area (TPSA) is 88.6 Å². The molecule has 0 spiro atoms. The second-order valence-electron chi connectivity index (χ2n) is 6.03. The van der Waals surface area contributed by atoms with Gasteiger partial charge >= 0.3 is 0 Å². The third-order valence-electron chi connectivity index (χ3n) is 4.17. The minimum atomic E-state index is -0.623. The molecule has 0 bridgehead atoms. The van der Waals surface area contributed by atoms with Crippen molar-refractivity contribution in [3.8, 4) is 0 Å². The molecule has 1 aliphatic heterocycles. The molecule has 3 N–H and O–H groups in total. The van der Waals surface area contributed by atoms with E-state index in [9.17, 15) is 9.59 Å². The van der Waals surface area contributed by atoms with Gasteiger partial charge in [-0.05, 0) is 44.0 Å². The third kappa shape index (κ3) is 3.42. The first-order valence-corrected chi connectivity index (χ1v) is 8.07. The van der Waals surface area contributed by atoms with Crippen molar-refractivity contribution in [2.45, 2.75) is 26.3 Å². The molecule has 0 unspecified atom stereocenters. The maximum absolute atomic E-state index is 12.6. The van der Waals surface area contributed by atoms with Gasteiger partial charge in [0.05, 0.1) is 12.1 Å². The number of nitrogens with zero attached hydrogens (tertiary/aromatic N) is 1. The SMILES string of the molecule is Cc1ccc(N2CCCC2)c(C(=O)NCc2ccc(C(N)=O)o2)c1. The molecule has 0 atom stereocenters. The summed E-state index contributed by atoms with van der Waals surface area (Å²) in [7, 11) is 0. The van der Waals surface area contributed by atoms with Gasteiger partial charge in [-0.2, -0.15) is 0 Å². The van der Waals surface area contributed by atoms with Crippen molar-refractivity contribution < 1.29 is 14.0 Å². The summed E-state index contributed by atoms with van der Waals surface area (Å²) in [6.07, 6.45) is 2.30. The summed E-state index contributed by atoms with van der Waals surface area (Å²) >= 11 is 0. The van der Waals surface area contributed by atoms with E-state index in [-0.39, 0.29) is 18.2 Å². The summed E-state index contributed by atoms with van der Waals surface area (Å²) in [5, 5.41) is 2.85. The lowest BCUT2D eigenvalue weighted by Crippen LogP contribution is -2.27. The van der Waals surface area contributed by atoms with Crippen molar-refractivity contribution in [2.75, 3.05) is 18.0 Å². The fourth-order valence-corrected chi connectivity index (χ4v) is 2.93. The van der Waals surface area contributed by atoms with Crippen LogP contribution in [0, 0.1) is 6.92 Å². The van der Waals surface area contributed by atoms with Gasteiger partial charge in [-0.3, -0.25) is 9.59 Å². The van der Waals surface area contributed by atoms with Gasteiger partial charge in [0.15, 0.2) is 5.76 Å². The van der Waals surface area contributed by atoms with Gasteiger partial charge in [0.2, 0.25) is 0 Å². The molecular formula is C18H21N3O3. The van der Waals surface area contributed by atoms with Crippen LogP contribution in [0.5, 0.6) is 0 Å². The summed E-state index contributed by atoms with van der Waals surface area (Å²) in [4.78, 5) is 25.9. The van der Waals surface area contributed by atoms with Crippen LogP contribution in [0.25, 0.3) is 0 Å². The molecule has 3 rings (SSSR count). The third-order valence-corrected chi connectivity index (χ3v) is 4.17. The average molecular weight is 327 g/mol. The minimum Gasteiger partial charge on any atom is -0.454 e. The number of nitrogens with one attached hydrogen (secondary N) is 1. The number of anilines is 1. The fraction of sp³-hybridized carbons (Fsp3) is 0.333. The highest BCUT2D eigenvalue weighted by molar-refractivity contribution is 6.00. The quantitative estimate of drug-likeness (QED) is 0.881. The molecule has 0 radical (unpaired) electrons. The number of hydrogen-bond acceptors (Lipinski definition) is 4. The van der Waals surface area contributed by atoms with E-state index in [1.807, 2.05) is 25.1 Å². The van der Waals surface area contributed by atoms with Gasteiger partial charge in [0.1, 0.15) is 5.76 Å². The van der Waals surface area contributed by atoms with Gasteiger partial charge in [0.25, 0.3) is 11.8 Å². The fourth-order valence-electron chi connectivity index (χ4n) is 2.93. The van der Waals surface area contributed by atoms with Crippen LogP contribution in [0.1, 0.15) is 45.1 Å². The molecule has 6 heteroatoms. The van der Waals surface area contributed by atoms with E-state index < -0.39 is 5.91 Å². The maximum Gasteiger partial charge on any atom is 0.284 e. The molecule has 126 valence electrons. The van der Waals surface area contributed by atoms with Crippen molar-refractivity contribution in [3.63, 3.8) is 0 Å². The first-order valence-electron chi connectivity index (χ1n) is 8.07. The van der Waals surface area contributed by atoms with Crippen LogP contribution in [0.3, 0.4) is 0 Å².